The van der Waals surface area contributed by atoms with Crippen LogP contribution in [0.3, 0.4) is 0 Å². The molecule has 0 aliphatic carbocycles. The molecule has 0 atom stereocenters. The number of aryl methyl sites for hydroxylation is 2. The van der Waals surface area contributed by atoms with Crippen molar-refractivity contribution in [1.29, 1.82) is 0 Å². The van der Waals surface area contributed by atoms with Crippen LogP contribution in [0, 0.1) is 13.8 Å². The van der Waals surface area contributed by atoms with Gasteiger partial charge in [-0.2, -0.15) is 0 Å². The maximum Gasteiger partial charge on any atom is 0.317 e. The van der Waals surface area contributed by atoms with Crippen LogP contribution in [0.2, 0.25) is 10.0 Å². The van der Waals surface area contributed by atoms with E-state index in [9.17, 15) is 0 Å². The summed E-state index contributed by atoms with van der Waals surface area (Å²) in [7, 11) is 0. The summed E-state index contributed by atoms with van der Waals surface area (Å²) < 4.78 is 5.52. The Morgan fingerprint density at radius 1 is 0.944 bits per heavy atom. The first kappa shape index (κ1) is 13.1. The Morgan fingerprint density at radius 3 is 2.06 bits per heavy atom. The molecule has 0 spiro atoms. The first-order valence-electron chi connectivity index (χ1n) is 5.43. The molecule has 0 aliphatic heterocycles. The van der Waals surface area contributed by atoms with Crippen LogP contribution < -0.4 is 4.74 Å². The molecule has 2 aromatic rings. The third-order valence-corrected chi connectivity index (χ3v) is 2.69. The average molecular weight is 283 g/mol. The molecule has 0 radical (unpaired) electrons. The molecule has 1 heterocycles. The highest BCUT2D eigenvalue weighted by molar-refractivity contribution is 6.34. The number of rotatable bonds is 3. The van der Waals surface area contributed by atoms with Gasteiger partial charge in [0, 0.05) is 21.4 Å². The van der Waals surface area contributed by atoms with Crippen LogP contribution in [0.5, 0.6) is 6.01 Å². The topological polar surface area (TPSA) is 35.0 Å². The number of aromatic nitrogens is 2. The largest absolute Gasteiger partial charge is 0.459 e. The number of nitrogens with zero attached hydrogens (tertiary/aromatic N) is 2. The van der Waals surface area contributed by atoms with Crippen molar-refractivity contribution >= 4 is 23.2 Å². The SMILES string of the molecule is Cc1cc(C)nc(OCc2cc(Cl)cc(Cl)c2)n1. The Hall–Kier alpha value is -1.32. The summed E-state index contributed by atoms with van der Waals surface area (Å²) >= 11 is 11.8. The van der Waals surface area contributed by atoms with Crippen LogP contribution in [0.4, 0.5) is 0 Å². The molecule has 0 bridgehead atoms. The third-order valence-electron chi connectivity index (χ3n) is 2.25. The molecular weight excluding hydrogens is 271 g/mol. The van der Waals surface area contributed by atoms with Gasteiger partial charge in [-0.1, -0.05) is 23.2 Å². The summed E-state index contributed by atoms with van der Waals surface area (Å²) in [4.78, 5) is 8.39. The Bertz CT molecular complexity index is 481. The van der Waals surface area contributed by atoms with E-state index in [4.69, 9.17) is 27.9 Å². The monoisotopic (exact) mass is 282 g/mol. The number of hydrogen-bond donors (Lipinski definition) is 0. The van der Waals surface area contributed by atoms with Crippen molar-refractivity contribution in [3.05, 3.63) is 51.3 Å². The zero-order valence-electron chi connectivity index (χ0n) is 10.1. The van der Waals surface area contributed by atoms with Gasteiger partial charge in [0.15, 0.2) is 0 Å². The summed E-state index contributed by atoms with van der Waals surface area (Å²) in [5.74, 6) is 0. The Morgan fingerprint density at radius 2 is 1.50 bits per heavy atom. The average Bonchev–Trinajstić information content (AvgIpc) is 2.23. The van der Waals surface area contributed by atoms with E-state index < -0.39 is 0 Å². The Labute approximate surface area is 116 Å². The zero-order chi connectivity index (χ0) is 13.1. The minimum atomic E-state index is 0.336. The number of ether oxygens (including phenoxy) is 1. The molecule has 1 aromatic carbocycles. The lowest BCUT2D eigenvalue weighted by atomic mass is 10.2. The van der Waals surface area contributed by atoms with Crippen molar-refractivity contribution in [3.8, 4) is 6.01 Å². The van der Waals surface area contributed by atoms with Gasteiger partial charge in [0.1, 0.15) is 6.61 Å². The van der Waals surface area contributed by atoms with Gasteiger partial charge in [-0.05, 0) is 43.7 Å². The molecule has 0 amide bonds. The molecule has 0 unspecified atom stereocenters. The summed E-state index contributed by atoms with van der Waals surface area (Å²) in [5, 5.41) is 1.17. The maximum atomic E-state index is 5.91. The van der Waals surface area contributed by atoms with Gasteiger partial charge >= 0.3 is 6.01 Å². The van der Waals surface area contributed by atoms with Crippen molar-refractivity contribution < 1.29 is 4.74 Å². The zero-order valence-corrected chi connectivity index (χ0v) is 11.6. The van der Waals surface area contributed by atoms with Crippen LogP contribution in [0.25, 0.3) is 0 Å². The molecule has 5 heteroatoms. The second-order valence-electron chi connectivity index (χ2n) is 4.00. The van der Waals surface area contributed by atoms with Gasteiger partial charge in [0.25, 0.3) is 0 Å². The van der Waals surface area contributed by atoms with Crippen LogP contribution in [0.15, 0.2) is 24.3 Å². The minimum Gasteiger partial charge on any atom is -0.459 e. The van der Waals surface area contributed by atoms with E-state index in [0.717, 1.165) is 17.0 Å². The van der Waals surface area contributed by atoms with E-state index in [1.165, 1.54) is 0 Å². The van der Waals surface area contributed by atoms with Crippen molar-refractivity contribution in [3.63, 3.8) is 0 Å². The molecule has 2 rings (SSSR count). The molecular formula is C13H12Cl2N2O. The third kappa shape index (κ3) is 3.59. The van der Waals surface area contributed by atoms with Gasteiger partial charge in [0.05, 0.1) is 0 Å². The predicted octanol–water partition coefficient (Wildman–Crippen LogP) is 3.98. The van der Waals surface area contributed by atoms with Crippen molar-refractivity contribution in [2.24, 2.45) is 0 Å². The van der Waals surface area contributed by atoms with Crippen molar-refractivity contribution in [2.75, 3.05) is 0 Å². The van der Waals surface area contributed by atoms with Crippen molar-refractivity contribution in [2.45, 2.75) is 20.5 Å². The summed E-state index contributed by atoms with van der Waals surface area (Å²) in [6, 6.07) is 7.54. The first-order valence-corrected chi connectivity index (χ1v) is 6.18. The summed E-state index contributed by atoms with van der Waals surface area (Å²) in [6.45, 7) is 4.14. The van der Waals surface area contributed by atoms with Crippen LogP contribution in [-0.2, 0) is 6.61 Å². The van der Waals surface area contributed by atoms with Gasteiger partial charge in [-0.3, -0.25) is 0 Å². The fraction of sp³-hybridized carbons (Fsp3) is 0.231. The molecule has 0 aliphatic rings. The molecule has 18 heavy (non-hydrogen) atoms. The molecule has 3 nitrogen and oxygen atoms in total. The molecule has 1 aromatic heterocycles. The van der Waals surface area contributed by atoms with E-state index in [1.807, 2.05) is 19.9 Å². The highest BCUT2D eigenvalue weighted by atomic mass is 35.5. The van der Waals surface area contributed by atoms with Gasteiger partial charge in [0.2, 0.25) is 0 Å². The summed E-state index contributed by atoms with van der Waals surface area (Å²) in [6.07, 6.45) is 0. The first-order chi connectivity index (χ1) is 8.52. The highest BCUT2D eigenvalue weighted by Crippen LogP contribution is 2.20. The highest BCUT2D eigenvalue weighted by Gasteiger charge is 2.03. The smallest absolute Gasteiger partial charge is 0.317 e. The van der Waals surface area contributed by atoms with Crippen LogP contribution in [0.1, 0.15) is 17.0 Å². The Balaban J connectivity index is 2.11. The lowest BCUT2D eigenvalue weighted by molar-refractivity contribution is 0.279. The Kier molecular flexibility index (Phi) is 4.04. The lowest BCUT2D eigenvalue weighted by Crippen LogP contribution is -2.01. The second-order valence-corrected chi connectivity index (χ2v) is 4.87. The minimum absolute atomic E-state index is 0.336. The number of hydrogen-bond acceptors (Lipinski definition) is 3. The molecule has 0 saturated carbocycles. The van der Waals surface area contributed by atoms with Gasteiger partial charge in [-0.15, -0.1) is 0 Å². The van der Waals surface area contributed by atoms with E-state index >= 15 is 0 Å². The van der Waals surface area contributed by atoms with E-state index in [0.29, 0.717) is 22.7 Å². The second kappa shape index (κ2) is 5.55. The van der Waals surface area contributed by atoms with E-state index in [-0.39, 0.29) is 0 Å². The van der Waals surface area contributed by atoms with Crippen molar-refractivity contribution in [1.82, 2.24) is 9.97 Å². The van der Waals surface area contributed by atoms with E-state index in [1.54, 1.807) is 18.2 Å². The molecule has 0 N–H and O–H groups in total. The lowest BCUT2D eigenvalue weighted by Gasteiger charge is -2.07. The molecule has 0 fully saturated rings. The van der Waals surface area contributed by atoms with Crippen LogP contribution >= 0.6 is 23.2 Å². The number of benzene rings is 1. The fourth-order valence-corrected chi connectivity index (χ4v) is 2.17. The molecule has 94 valence electrons. The quantitative estimate of drug-likeness (QED) is 0.854. The van der Waals surface area contributed by atoms with Crippen LogP contribution in [-0.4, -0.2) is 9.97 Å². The predicted molar refractivity (Wildman–Crippen MR) is 72.3 cm³/mol. The van der Waals surface area contributed by atoms with Gasteiger partial charge < -0.3 is 4.74 Å². The maximum absolute atomic E-state index is 5.91. The number of halogens is 2. The fourth-order valence-electron chi connectivity index (χ4n) is 1.60. The molecule has 0 saturated heterocycles. The van der Waals surface area contributed by atoms with Gasteiger partial charge in [-0.25, -0.2) is 9.97 Å². The standard InChI is InChI=1S/C13H12Cl2N2O/c1-8-3-9(2)17-13(16-8)18-7-10-4-11(14)6-12(15)5-10/h3-6H,7H2,1-2H3. The summed E-state index contributed by atoms with van der Waals surface area (Å²) in [5.41, 5.74) is 2.64. The van der Waals surface area contributed by atoms with E-state index in [2.05, 4.69) is 9.97 Å². The normalized spacial score (nSPS) is 10.4.